The molecule has 0 saturated heterocycles. The van der Waals surface area contributed by atoms with Crippen LogP contribution in [0.5, 0.6) is 5.75 Å². The van der Waals surface area contributed by atoms with E-state index in [1.807, 2.05) is 0 Å². The first kappa shape index (κ1) is 20.8. The lowest BCUT2D eigenvalue weighted by Crippen LogP contribution is -2.15. The Balaban J connectivity index is 1.98. The van der Waals surface area contributed by atoms with Gasteiger partial charge in [0, 0.05) is 18.0 Å². The van der Waals surface area contributed by atoms with Gasteiger partial charge in [-0.1, -0.05) is 6.07 Å². The van der Waals surface area contributed by atoms with Crippen LogP contribution in [0.2, 0.25) is 0 Å². The number of alkyl halides is 3. The number of methoxy groups -OCH3 is 1. The molecule has 0 atom stereocenters. The van der Waals surface area contributed by atoms with E-state index in [0.717, 1.165) is 13.2 Å². The number of aromatic nitrogens is 3. The van der Waals surface area contributed by atoms with Crippen LogP contribution in [0.1, 0.15) is 5.56 Å². The number of hydrogen-bond donors (Lipinski definition) is 3. The maximum Gasteiger partial charge on any atom is 0.420 e. The van der Waals surface area contributed by atoms with E-state index in [1.54, 1.807) is 24.4 Å². The van der Waals surface area contributed by atoms with Crippen LogP contribution in [0.15, 0.2) is 48.7 Å². The van der Waals surface area contributed by atoms with Crippen LogP contribution in [-0.2, 0) is 11.0 Å². The second-order valence-corrected chi connectivity index (χ2v) is 5.96. The maximum absolute atomic E-state index is 13.3. The minimum absolute atomic E-state index is 0.0207. The molecule has 11 heteroatoms. The molecule has 0 spiro atoms. The molecule has 2 heterocycles. The number of benzene rings is 1. The Morgan fingerprint density at radius 1 is 1.13 bits per heavy atom. The summed E-state index contributed by atoms with van der Waals surface area (Å²) < 4.78 is 44.6. The Kier molecular flexibility index (Phi) is 6.00. The molecule has 30 heavy (non-hydrogen) atoms. The predicted octanol–water partition coefficient (Wildman–Crippen LogP) is 3.81. The third-order valence-corrected chi connectivity index (χ3v) is 3.83. The lowest BCUT2D eigenvalue weighted by molar-refractivity contribution is -0.138. The SMILES string of the molecule is COc1ccc(Nc2cc(-c3ccccn3)nc(NCC(=O)O)n2)cc1C(F)(F)F. The molecule has 0 aliphatic rings. The fourth-order valence-corrected chi connectivity index (χ4v) is 2.55. The summed E-state index contributed by atoms with van der Waals surface area (Å²) in [6.45, 7) is -0.439. The zero-order valence-corrected chi connectivity index (χ0v) is 15.6. The first-order valence-electron chi connectivity index (χ1n) is 8.54. The van der Waals surface area contributed by atoms with Crippen molar-refractivity contribution in [3.8, 4) is 17.1 Å². The first-order valence-corrected chi connectivity index (χ1v) is 8.54. The second-order valence-electron chi connectivity index (χ2n) is 5.96. The summed E-state index contributed by atoms with van der Waals surface area (Å²) in [6, 6.07) is 10.1. The number of nitrogens with one attached hydrogen (secondary N) is 2. The van der Waals surface area contributed by atoms with Gasteiger partial charge in [-0.15, -0.1) is 0 Å². The fraction of sp³-hybridized carbons (Fsp3) is 0.158. The van der Waals surface area contributed by atoms with Gasteiger partial charge in [-0.25, -0.2) is 4.98 Å². The molecule has 156 valence electrons. The molecule has 0 aliphatic heterocycles. The molecule has 0 unspecified atom stereocenters. The Morgan fingerprint density at radius 3 is 2.57 bits per heavy atom. The van der Waals surface area contributed by atoms with Gasteiger partial charge in [0.2, 0.25) is 5.95 Å². The maximum atomic E-state index is 13.3. The molecule has 2 aromatic heterocycles. The zero-order chi connectivity index (χ0) is 21.7. The minimum Gasteiger partial charge on any atom is -0.496 e. The van der Waals surface area contributed by atoms with Gasteiger partial charge in [-0.3, -0.25) is 9.78 Å². The van der Waals surface area contributed by atoms with E-state index in [-0.39, 0.29) is 23.2 Å². The highest BCUT2D eigenvalue weighted by molar-refractivity contribution is 5.72. The van der Waals surface area contributed by atoms with Crippen LogP contribution in [0.3, 0.4) is 0 Å². The van der Waals surface area contributed by atoms with Crippen LogP contribution in [-0.4, -0.2) is 39.7 Å². The zero-order valence-electron chi connectivity index (χ0n) is 15.6. The van der Waals surface area contributed by atoms with Gasteiger partial charge >= 0.3 is 12.1 Å². The van der Waals surface area contributed by atoms with Gasteiger partial charge in [-0.2, -0.15) is 18.2 Å². The lowest BCUT2D eigenvalue weighted by Gasteiger charge is -2.15. The summed E-state index contributed by atoms with van der Waals surface area (Å²) in [6.07, 6.45) is -3.06. The molecular formula is C19H16F3N5O3. The molecule has 0 aliphatic carbocycles. The van der Waals surface area contributed by atoms with Crippen molar-refractivity contribution >= 4 is 23.4 Å². The Bertz CT molecular complexity index is 1050. The van der Waals surface area contributed by atoms with Gasteiger partial charge in [0.1, 0.15) is 18.1 Å². The number of rotatable bonds is 7. The van der Waals surface area contributed by atoms with Gasteiger partial charge in [-0.05, 0) is 30.3 Å². The van der Waals surface area contributed by atoms with Crippen LogP contribution >= 0.6 is 0 Å². The molecule has 0 bridgehead atoms. The molecule has 0 saturated carbocycles. The number of carboxylic acid groups (broad SMARTS) is 1. The largest absolute Gasteiger partial charge is 0.496 e. The predicted molar refractivity (Wildman–Crippen MR) is 103 cm³/mol. The van der Waals surface area contributed by atoms with Crippen molar-refractivity contribution < 1.29 is 27.8 Å². The topological polar surface area (TPSA) is 109 Å². The van der Waals surface area contributed by atoms with E-state index in [1.165, 1.54) is 18.2 Å². The van der Waals surface area contributed by atoms with E-state index < -0.39 is 24.3 Å². The number of nitrogens with zero attached hydrogens (tertiary/aromatic N) is 3. The second kappa shape index (κ2) is 8.64. The summed E-state index contributed by atoms with van der Waals surface area (Å²) in [4.78, 5) is 23.3. The minimum atomic E-state index is -4.61. The highest BCUT2D eigenvalue weighted by Gasteiger charge is 2.34. The molecule has 8 nitrogen and oxygen atoms in total. The molecule has 3 rings (SSSR count). The lowest BCUT2D eigenvalue weighted by atomic mass is 10.1. The van der Waals surface area contributed by atoms with Crippen LogP contribution < -0.4 is 15.4 Å². The highest BCUT2D eigenvalue weighted by Crippen LogP contribution is 2.38. The van der Waals surface area contributed by atoms with Crippen molar-refractivity contribution in [2.75, 3.05) is 24.3 Å². The van der Waals surface area contributed by atoms with Crippen LogP contribution in [0.25, 0.3) is 11.4 Å². The van der Waals surface area contributed by atoms with Gasteiger partial charge in [0.15, 0.2) is 0 Å². The van der Waals surface area contributed by atoms with Gasteiger partial charge < -0.3 is 20.5 Å². The summed E-state index contributed by atoms with van der Waals surface area (Å²) in [5.41, 5.74) is -0.00575. The van der Waals surface area contributed by atoms with E-state index in [9.17, 15) is 18.0 Å². The van der Waals surface area contributed by atoms with Crippen molar-refractivity contribution in [3.63, 3.8) is 0 Å². The highest BCUT2D eigenvalue weighted by atomic mass is 19.4. The number of aliphatic carboxylic acids is 1. The van der Waals surface area contributed by atoms with Gasteiger partial charge in [0.25, 0.3) is 0 Å². The number of carbonyl (C=O) groups is 1. The molecule has 1 aromatic carbocycles. The average molecular weight is 419 g/mol. The van der Waals surface area contributed by atoms with Crippen molar-refractivity contribution in [2.45, 2.75) is 6.18 Å². The Labute approximate surface area is 168 Å². The van der Waals surface area contributed by atoms with E-state index in [0.29, 0.717) is 11.4 Å². The fourth-order valence-electron chi connectivity index (χ4n) is 2.55. The smallest absolute Gasteiger partial charge is 0.420 e. The number of pyridine rings is 1. The number of ether oxygens (including phenoxy) is 1. The summed E-state index contributed by atoms with van der Waals surface area (Å²) >= 11 is 0. The monoisotopic (exact) mass is 419 g/mol. The van der Waals surface area contributed by atoms with E-state index in [2.05, 4.69) is 25.6 Å². The summed E-state index contributed by atoms with van der Waals surface area (Å²) in [5, 5.41) is 14.2. The van der Waals surface area contributed by atoms with Gasteiger partial charge in [0.05, 0.1) is 24.1 Å². The van der Waals surface area contributed by atoms with Crippen molar-refractivity contribution in [3.05, 3.63) is 54.2 Å². The summed E-state index contributed by atoms with van der Waals surface area (Å²) in [5.74, 6) is -1.31. The Morgan fingerprint density at radius 2 is 1.93 bits per heavy atom. The third-order valence-electron chi connectivity index (χ3n) is 3.83. The normalized spacial score (nSPS) is 11.1. The molecule has 3 aromatic rings. The van der Waals surface area contributed by atoms with Crippen molar-refractivity contribution in [2.24, 2.45) is 0 Å². The number of anilines is 3. The van der Waals surface area contributed by atoms with E-state index in [4.69, 9.17) is 9.84 Å². The first-order chi connectivity index (χ1) is 14.3. The molecule has 3 N–H and O–H groups in total. The van der Waals surface area contributed by atoms with E-state index >= 15 is 0 Å². The Hall–Kier alpha value is -3.89. The van der Waals surface area contributed by atoms with Crippen molar-refractivity contribution in [1.29, 1.82) is 0 Å². The van der Waals surface area contributed by atoms with Crippen molar-refractivity contribution in [1.82, 2.24) is 15.0 Å². The number of carboxylic acids is 1. The molecular weight excluding hydrogens is 403 g/mol. The average Bonchev–Trinajstić information content (AvgIpc) is 2.72. The molecule has 0 fully saturated rings. The third kappa shape index (κ3) is 5.13. The number of hydrogen-bond acceptors (Lipinski definition) is 7. The summed E-state index contributed by atoms with van der Waals surface area (Å²) in [7, 11) is 1.15. The number of halogens is 3. The van der Waals surface area contributed by atoms with Crippen LogP contribution in [0.4, 0.5) is 30.6 Å². The quantitative estimate of drug-likeness (QED) is 0.531. The molecule has 0 amide bonds. The standard InChI is InChI=1S/C19H16F3N5O3/c1-30-15-6-5-11(8-12(15)19(20,21)22)25-16-9-14(13-4-2-3-7-23-13)26-18(27-16)24-10-17(28)29/h2-9H,10H2,1H3,(H,28,29)(H2,24,25,26,27). The van der Waals surface area contributed by atoms with Crippen LogP contribution in [0, 0.1) is 0 Å². The molecule has 0 radical (unpaired) electrons.